The standard InChI is InChI=1S/C15H19ClO2/c16-15(14-10-17-7-8-18-14)13-6-5-11-3-1-2-4-12(11)9-13/h5-6,9,14-15H,1-4,7-8,10H2. The molecule has 1 heterocycles. The molecule has 1 aliphatic carbocycles. The number of benzene rings is 1. The third-order valence-electron chi connectivity index (χ3n) is 3.86. The van der Waals surface area contributed by atoms with Crippen molar-refractivity contribution < 1.29 is 9.47 Å². The average molecular weight is 267 g/mol. The van der Waals surface area contributed by atoms with E-state index in [1.54, 1.807) is 0 Å². The second kappa shape index (κ2) is 5.60. The molecule has 2 aliphatic rings. The molecular formula is C15H19ClO2. The van der Waals surface area contributed by atoms with Crippen LogP contribution in [0.25, 0.3) is 0 Å². The van der Waals surface area contributed by atoms with Crippen molar-refractivity contribution in [2.75, 3.05) is 19.8 Å². The Morgan fingerprint density at radius 3 is 2.72 bits per heavy atom. The van der Waals surface area contributed by atoms with Gasteiger partial charge in [0, 0.05) is 0 Å². The van der Waals surface area contributed by atoms with Crippen LogP contribution in [0.2, 0.25) is 0 Å². The fourth-order valence-corrected chi connectivity index (χ4v) is 3.10. The van der Waals surface area contributed by atoms with Gasteiger partial charge in [-0.1, -0.05) is 18.2 Å². The van der Waals surface area contributed by atoms with Crippen LogP contribution >= 0.6 is 11.6 Å². The largest absolute Gasteiger partial charge is 0.376 e. The molecule has 0 saturated carbocycles. The van der Waals surface area contributed by atoms with Gasteiger partial charge < -0.3 is 9.47 Å². The number of ether oxygens (including phenoxy) is 2. The number of halogens is 1. The first kappa shape index (κ1) is 12.5. The maximum Gasteiger partial charge on any atom is 0.101 e. The summed E-state index contributed by atoms with van der Waals surface area (Å²) in [6, 6.07) is 6.66. The summed E-state index contributed by atoms with van der Waals surface area (Å²) in [5.41, 5.74) is 4.14. The lowest BCUT2D eigenvalue weighted by atomic mass is 9.89. The van der Waals surface area contributed by atoms with Gasteiger partial charge in [0.2, 0.25) is 0 Å². The van der Waals surface area contributed by atoms with Gasteiger partial charge in [0.25, 0.3) is 0 Å². The van der Waals surface area contributed by atoms with E-state index in [-0.39, 0.29) is 11.5 Å². The molecule has 0 N–H and O–H groups in total. The fraction of sp³-hybridized carbons (Fsp3) is 0.600. The van der Waals surface area contributed by atoms with Crippen molar-refractivity contribution in [1.29, 1.82) is 0 Å². The van der Waals surface area contributed by atoms with Crippen LogP contribution in [0, 0.1) is 0 Å². The number of hydrogen-bond acceptors (Lipinski definition) is 2. The molecule has 3 heteroatoms. The summed E-state index contributed by atoms with van der Waals surface area (Å²) in [5.74, 6) is 0. The number of aryl methyl sites for hydroxylation is 2. The molecule has 0 aromatic heterocycles. The second-order valence-electron chi connectivity index (χ2n) is 5.12. The minimum Gasteiger partial charge on any atom is -0.376 e. The van der Waals surface area contributed by atoms with Gasteiger partial charge in [0.1, 0.15) is 6.10 Å². The molecule has 1 saturated heterocycles. The van der Waals surface area contributed by atoms with Crippen molar-refractivity contribution >= 4 is 11.6 Å². The maximum atomic E-state index is 6.52. The van der Waals surface area contributed by atoms with E-state index in [1.165, 1.54) is 42.4 Å². The molecule has 1 fully saturated rings. The molecule has 1 aromatic rings. The first-order valence-corrected chi connectivity index (χ1v) is 7.23. The van der Waals surface area contributed by atoms with Crippen LogP contribution in [0.15, 0.2) is 18.2 Å². The highest BCUT2D eigenvalue weighted by Crippen LogP contribution is 2.31. The molecule has 18 heavy (non-hydrogen) atoms. The van der Waals surface area contributed by atoms with E-state index in [4.69, 9.17) is 21.1 Å². The van der Waals surface area contributed by atoms with Crippen molar-refractivity contribution in [3.8, 4) is 0 Å². The minimum absolute atomic E-state index is 0.0120. The van der Waals surface area contributed by atoms with Crippen molar-refractivity contribution in [2.45, 2.75) is 37.2 Å². The van der Waals surface area contributed by atoms with Crippen LogP contribution in [0.5, 0.6) is 0 Å². The Morgan fingerprint density at radius 1 is 1.11 bits per heavy atom. The number of rotatable bonds is 2. The summed E-state index contributed by atoms with van der Waals surface area (Å²) < 4.78 is 11.1. The third kappa shape index (κ3) is 2.56. The minimum atomic E-state index is -0.0995. The summed E-state index contributed by atoms with van der Waals surface area (Å²) in [6.45, 7) is 1.94. The van der Waals surface area contributed by atoms with Crippen molar-refractivity contribution in [3.05, 3.63) is 34.9 Å². The molecule has 0 amide bonds. The van der Waals surface area contributed by atoms with E-state index >= 15 is 0 Å². The van der Waals surface area contributed by atoms with Crippen molar-refractivity contribution in [2.24, 2.45) is 0 Å². The quantitative estimate of drug-likeness (QED) is 0.765. The van der Waals surface area contributed by atoms with E-state index in [9.17, 15) is 0 Å². The van der Waals surface area contributed by atoms with E-state index in [0.717, 1.165) is 0 Å². The van der Waals surface area contributed by atoms with Gasteiger partial charge >= 0.3 is 0 Å². The summed E-state index contributed by atoms with van der Waals surface area (Å²) in [6.07, 6.45) is 5.00. The van der Waals surface area contributed by atoms with Gasteiger partial charge in [-0.05, 0) is 42.4 Å². The predicted octanol–water partition coefficient (Wildman–Crippen LogP) is 3.26. The Kier molecular flexibility index (Phi) is 3.88. The van der Waals surface area contributed by atoms with Crippen LogP contribution < -0.4 is 0 Å². The van der Waals surface area contributed by atoms with Crippen LogP contribution in [0.1, 0.15) is 34.9 Å². The monoisotopic (exact) mass is 266 g/mol. The Balaban J connectivity index is 1.78. The summed E-state index contributed by atoms with van der Waals surface area (Å²) >= 11 is 6.52. The first-order chi connectivity index (χ1) is 8.84. The topological polar surface area (TPSA) is 18.5 Å². The molecule has 1 aromatic carbocycles. The molecule has 98 valence electrons. The zero-order valence-electron chi connectivity index (χ0n) is 10.5. The summed E-state index contributed by atoms with van der Waals surface area (Å²) in [7, 11) is 0. The van der Waals surface area contributed by atoms with E-state index < -0.39 is 0 Å². The zero-order valence-corrected chi connectivity index (χ0v) is 11.3. The molecule has 0 bridgehead atoms. The molecule has 0 radical (unpaired) electrons. The van der Waals surface area contributed by atoms with Crippen molar-refractivity contribution in [3.63, 3.8) is 0 Å². The summed E-state index contributed by atoms with van der Waals surface area (Å²) in [4.78, 5) is 0. The first-order valence-electron chi connectivity index (χ1n) is 6.80. The van der Waals surface area contributed by atoms with E-state index in [0.29, 0.717) is 19.8 Å². The summed E-state index contributed by atoms with van der Waals surface area (Å²) in [5, 5.41) is -0.0995. The lowest BCUT2D eigenvalue weighted by Crippen LogP contribution is -2.32. The predicted molar refractivity (Wildman–Crippen MR) is 72.2 cm³/mol. The SMILES string of the molecule is ClC(c1ccc2c(c1)CCCC2)C1COCCO1. The molecule has 2 unspecified atom stereocenters. The molecule has 2 nitrogen and oxygen atoms in total. The number of alkyl halides is 1. The molecule has 3 rings (SSSR count). The maximum absolute atomic E-state index is 6.52. The van der Waals surface area contributed by atoms with Gasteiger partial charge in [0.15, 0.2) is 0 Å². The fourth-order valence-electron chi connectivity index (χ4n) is 2.81. The van der Waals surface area contributed by atoms with Crippen LogP contribution in [0.3, 0.4) is 0 Å². The highest BCUT2D eigenvalue weighted by molar-refractivity contribution is 6.21. The Hall–Kier alpha value is -0.570. The zero-order chi connectivity index (χ0) is 12.4. The van der Waals surface area contributed by atoms with E-state index in [2.05, 4.69) is 18.2 Å². The number of hydrogen-bond donors (Lipinski definition) is 0. The van der Waals surface area contributed by atoms with Crippen molar-refractivity contribution in [1.82, 2.24) is 0 Å². The second-order valence-corrected chi connectivity index (χ2v) is 5.59. The lowest BCUT2D eigenvalue weighted by Gasteiger charge is -2.28. The van der Waals surface area contributed by atoms with Crippen LogP contribution in [-0.4, -0.2) is 25.9 Å². The van der Waals surface area contributed by atoms with Gasteiger partial charge in [-0.2, -0.15) is 0 Å². The lowest BCUT2D eigenvalue weighted by molar-refractivity contribution is -0.0892. The normalized spacial score (nSPS) is 25.5. The Bertz CT molecular complexity index is 413. The highest BCUT2D eigenvalue weighted by Gasteiger charge is 2.25. The van der Waals surface area contributed by atoms with Gasteiger partial charge in [-0.3, -0.25) is 0 Å². The van der Waals surface area contributed by atoms with Gasteiger partial charge in [0.05, 0.1) is 25.2 Å². The molecule has 2 atom stereocenters. The highest BCUT2D eigenvalue weighted by atomic mass is 35.5. The van der Waals surface area contributed by atoms with Crippen LogP contribution in [-0.2, 0) is 22.3 Å². The molecule has 1 aliphatic heterocycles. The van der Waals surface area contributed by atoms with Crippen LogP contribution in [0.4, 0.5) is 0 Å². The molecular weight excluding hydrogens is 248 g/mol. The Labute approximate surface area is 113 Å². The number of fused-ring (bicyclic) bond motifs is 1. The Morgan fingerprint density at radius 2 is 1.94 bits per heavy atom. The smallest absolute Gasteiger partial charge is 0.101 e. The third-order valence-corrected chi connectivity index (χ3v) is 4.39. The van der Waals surface area contributed by atoms with Gasteiger partial charge in [-0.15, -0.1) is 11.6 Å². The van der Waals surface area contributed by atoms with E-state index in [1.807, 2.05) is 0 Å². The average Bonchev–Trinajstić information content (AvgIpc) is 2.47. The molecule has 0 spiro atoms. The van der Waals surface area contributed by atoms with Gasteiger partial charge in [-0.25, -0.2) is 0 Å².